The van der Waals surface area contributed by atoms with Crippen LogP contribution in [0.25, 0.3) is 0 Å². The van der Waals surface area contributed by atoms with Crippen LogP contribution in [0.5, 0.6) is 11.5 Å². The monoisotopic (exact) mass is 503 g/mol. The first-order valence-corrected chi connectivity index (χ1v) is 13.6. The number of hydrogen-bond donors (Lipinski definition) is 1. The van der Waals surface area contributed by atoms with Gasteiger partial charge in [0.2, 0.25) is 6.79 Å². The van der Waals surface area contributed by atoms with Gasteiger partial charge in [-0.1, -0.05) is 40.2 Å². The van der Waals surface area contributed by atoms with Gasteiger partial charge in [-0.3, -0.25) is 0 Å². The smallest absolute Gasteiger partial charge is 0.231 e. The second-order valence-corrected chi connectivity index (χ2v) is 12.6. The van der Waals surface area contributed by atoms with Gasteiger partial charge in [0.05, 0.1) is 6.04 Å². The Kier molecular flexibility index (Phi) is 4.00. The molecule has 2 aliphatic heterocycles. The average Bonchev–Trinajstić information content (AvgIpc) is 3.46. The summed E-state index contributed by atoms with van der Waals surface area (Å²) in [6, 6.07) is 12.0. The standard InChI is InChI=1S/C29H30BrNO2/c30-24-11-27-26(32-15-33-27)10-23(24)28-21-3-1-2-20(21)22-9-19(4-5-25(22)31-28)29-12-16-6-17(13-29)8-18(7-16)14-29/h1-2,4-5,9-11,16-18,20-21,28,31H,3,6-8,12-15H2/t16?,17?,18?,20-,21+,28-,29?/m1/s1. The van der Waals surface area contributed by atoms with Crippen molar-refractivity contribution in [3.8, 4) is 11.5 Å². The quantitative estimate of drug-likeness (QED) is 0.431. The molecule has 3 nitrogen and oxygen atoms in total. The Morgan fingerprint density at radius 1 is 0.879 bits per heavy atom. The minimum Gasteiger partial charge on any atom is -0.454 e. The van der Waals surface area contributed by atoms with Crippen LogP contribution in [0.1, 0.15) is 73.6 Å². The molecule has 2 heterocycles. The lowest BCUT2D eigenvalue weighted by molar-refractivity contribution is -0.00523. The summed E-state index contributed by atoms with van der Waals surface area (Å²) in [5.74, 6) is 5.66. The first-order chi connectivity index (χ1) is 16.1. The molecule has 0 spiro atoms. The van der Waals surface area contributed by atoms with Crippen molar-refractivity contribution in [2.45, 2.75) is 62.3 Å². The van der Waals surface area contributed by atoms with Crippen molar-refractivity contribution in [1.29, 1.82) is 0 Å². The van der Waals surface area contributed by atoms with E-state index in [0.29, 0.717) is 24.0 Å². The van der Waals surface area contributed by atoms with E-state index in [0.717, 1.165) is 40.1 Å². The highest BCUT2D eigenvalue weighted by atomic mass is 79.9. The minimum absolute atomic E-state index is 0.256. The maximum Gasteiger partial charge on any atom is 0.231 e. The number of fused-ring (bicyclic) bond motifs is 4. The molecule has 2 aromatic carbocycles. The third-order valence-electron chi connectivity index (χ3n) is 9.84. The van der Waals surface area contributed by atoms with Crippen LogP contribution >= 0.6 is 15.9 Å². The van der Waals surface area contributed by atoms with Crippen molar-refractivity contribution in [1.82, 2.24) is 0 Å². The summed E-state index contributed by atoms with van der Waals surface area (Å²) in [6.07, 6.45) is 14.8. The Balaban J connectivity index is 1.18. The summed E-state index contributed by atoms with van der Waals surface area (Å²) < 4.78 is 12.4. The summed E-state index contributed by atoms with van der Waals surface area (Å²) in [6.45, 7) is 0.312. The first kappa shape index (κ1) is 19.4. The molecule has 7 aliphatic rings. The van der Waals surface area contributed by atoms with Gasteiger partial charge in [-0.05, 0) is 109 Å². The zero-order chi connectivity index (χ0) is 21.7. The summed E-state index contributed by atoms with van der Waals surface area (Å²) in [5, 5.41) is 3.95. The Hall–Kier alpha value is -1.94. The van der Waals surface area contributed by atoms with Crippen molar-refractivity contribution < 1.29 is 9.47 Å². The molecule has 9 rings (SSSR count). The van der Waals surface area contributed by atoms with Gasteiger partial charge in [-0.15, -0.1) is 0 Å². The number of allylic oxidation sites excluding steroid dienone is 2. The highest BCUT2D eigenvalue weighted by Crippen LogP contribution is 2.61. The lowest BCUT2D eigenvalue weighted by Gasteiger charge is -2.57. The van der Waals surface area contributed by atoms with Gasteiger partial charge >= 0.3 is 0 Å². The molecule has 1 N–H and O–H groups in total. The van der Waals surface area contributed by atoms with E-state index in [2.05, 4.69) is 63.7 Å². The SMILES string of the molecule is Brc1cc2c(cc1[C@@H]1Nc3ccc(C45CC6CC(CC(C6)C4)C5)cc3[C@@H]3C=CC[C@@H]31)OCO2. The van der Waals surface area contributed by atoms with Gasteiger partial charge in [-0.25, -0.2) is 0 Å². The molecule has 0 unspecified atom stereocenters. The van der Waals surface area contributed by atoms with Gasteiger partial charge < -0.3 is 14.8 Å². The maximum absolute atomic E-state index is 5.71. The summed E-state index contributed by atoms with van der Waals surface area (Å²) in [4.78, 5) is 0. The van der Waals surface area contributed by atoms with Crippen LogP contribution in [0.15, 0.2) is 47.0 Å². The molecule has 0 radical (unpaired) electrons. The van der Waals surface area contributed by atoms with Crippen LogP contribution in [0.4, 0.5) is 5.69 Å². The predicted molar refractivity (Wildman–Crippen MR) is 133 cm³/mol. The second kappa shape index (κ2) is 6.81. The highest BCUT2D eigenvalue weighted by molar-refractivity contribution is 9.10. The molecule has 3 atom stereocenters. The lowest BCUT2D eigenvalue weighted by Crippen LogP contribution is -2.48. The topological polar surface area (TPSA) is 30.5 Å². The van der Waals surface area contributed by atoms with E-state index in [1.165, 1.54) is 55.3 Å². The number of nitrogens with one attached hydrogen (secondary N) is 1. The molecule has 4 bridgehead atoms. The van der Waals surface area contributed by atoms with Gasteiger partial charge in [0.25, 0.3) is 0 Å². The van der Waals surface area contributed by atoms with Crippen molar-refractivity contribution in [2.24, 2.45) is 23.7 Å². The molecule has 33 heavy (non-hydrogen) atoms. The van der Waals surface area contributed by atoms with Crippen LogP contribution in [0.2, 0.25) is 0 Å². The molecule has 4 fully saturated rings. The normalized spacial score (nSPS) is 38.8. The van der Waals surface area contributed by atoms with E-state index in [9.17, 15) is 0 Å². The zero-order valence-electron chi connectivity index (χ0n) is 18.9. The number of anilines is 1. The molecule has 170 valence electrons. The Morgan fingerprint density at radius 3 is 2.36 bits per heavy atom. The molecule has 2 aromatic rings. The zero-order valence-corrected chi connectivity index (χ0v) is 20.4. The van der Waals surface area contributed by atoms with Crippen molar-refractivity contribution in [3.05, 3.63) is 63.6 Å². The third-order valence-corrected chi connectivity index (χ3v) is 10.5. The van der Waals surface area contributed by atoms with Gasteiger partial charge in [0.15, 0.2) is 11.5 Å². The summed E-state index contributed by atoms with van der Waals surface area (Å²) >= 11 is 3.83. The summed E-state index contributed by atoms with van der Waals surface area (Å²) in [7, 11) is 0. The molecule has 4 heteroatoms. The molecule has 5 aliphatic carbocycles. The fourth-order valence-corrected chi connectivity index (χ4v) is 9.44. The van der Waals surface area contributed by atoms with Crippen LogP contribution in [-0.2, 0) is 5.41 Å². The largest absolute Gasteiger partial charge is 0.454 e. The van der Waals surface area contributed by atoms with E-state index in [1.807, 2.05) is 0 Å². The number of halogens is 1. The lowest BCUT2D eigenvalue weighted by atomic mass is 9.48. The van der Waals surface area contributed by atoms with Crippen molar-refractivity contribution in [2.75, 3.05) is 12.1 Å². The number of benzene rings is 2. The number of rotatable bonds is 2. The Morgan fingerprint density at radius 2 is 1.61 bits per heavy atom. The van der Waals surface area contributed by atoms with Crippen molar-refractivity contribution >= 4 is 21.6 Å². The third kappa shape index (κ3) is 2.79. The van der Waals surface area contributed by atoms with E-state index in [-0.39, 0.29) is 6.04 Å². The first-order valence-electron chi connectivity index (χ1n) is 12.8. The molecular weight excluding hydrogens is 474 g/mol. The van der Waals surface area contributed by atoms with Gasteiger partial charge in [-0.2, -0.15) is 0 Å². The van der Waals surface area contributed by atoms with Crippen LogP contribution in [0.3, 0.4) is 0 Å². The van der Waals surface area contributed by atoms with E-state index >= 15 is 0 Å². The van der Waals surface area contributed by atoms with Crippen LogP contribution < -0.4 is 14.8 Å². The Bertz CT molecular complexity index is 1150. The fraction of sp³-hybridized carbons (Fsp3) is 0.517. The molecular formula is C29H30BrNO2. The van der Waals surface area contributed by atoms with E-state index < -0.39 is 0 Å². The molecule has 0 amide bonds. The number of hydrogen-bond acceptors (Lipinski definition) is 3. The average molecular weight is 504 g/mol. The fourth-order valence-electron chi connectivity index (χ4n) is 8.87. The minimum atomic E-state index is 0.256. The van der Waals surface area contributed by atoms with E-state index in [4.69, 9.17) is 9.47 Å². The van der Waals surface area contributed by atoms with Crippen LogP contribution in [0, 0.1) is 23.7 Å². The molecule has 0 aromatic heterocycles. The number of ether oxygens (including phenoxy) is 2. The maximum atomic E-state index is 5.71. The summed E-state index contributed by atoms with van der Waals surface area (Å²) in [5.41, 5.74) is 6.21. The predicted octanol–water partition coefficient (Wildman–Crippen LogP) is 7.47. The Labute approximate surface area is 204 Å². The van der Waals surface area contributed by atoms with Gasteiger partial charge in [0, 0.05) is 16.1 Å². The van der Waals surface area contributed by atoms with E-state index in [1.54, 1.807) is 5.56 Å². The van der Waals surface area contributed by atoms with Crippen LogP contribution in [-0.4, -0.2) is 6.79 Å². The molecule has 0 saturated heterocycles. The van der Waals surface area contributed by atoms with Gasteiger partial charge in [0.1, 0.15) is 0 Å². The molecule has 4 saturated carbocycles. The van der Waals surface area contributed by atoms with Crippen molar-refractivity contribution in [3.63, 3.8) is 0 Å². The highest BCUT2D eigenvalue weighted by Gasteiger charge is 2.52. The second-order valence-electron chi connectivity index (χ2n) is 11.7.